The third-order valence-corrected chi connectivity index (χ3v) is 6.00. The number of halogens is 1. The molecule has 0 aliphatic carbocycles. The average molecular weight is 359 g/mol. The highest BCUT2D eigenvalue weighted by atomic mass is 79.9. The van der Waals surface area contributed by atoms with Crippen molar-refractivity contribution in [3.63, 3.8) is 0 Å². The highest BCUT2D eigenvalue weighted by Gasteiger charge is 2.49. The summed E-state index contributed by atoms with van der Waals surface area (Å²) in [4.78, 5) is 27.8. The van der Waals surface area contributed by atoms with E-state index in [1.807, 2.05) is 25.3 Å². The molecule has 1 fully saturated rings. The fourth-order valence-electron chi connectivity index (χ4n) is 2.72. The van der Waals surface area contributed by atoms with E-state index in [2.05, 4.69) is 21.2 Å². The topological polar surface area (TPSA) is 49.4 Å². The van der Waals surface area contributed by atoms with Gasteiger partial charge >= 0.3 is 0 Å². The van der Waals surface area contributed by atoms with Gasteiger partial charge in [0.15, 0.2) is 0 Å². The van der Waals surface area contributed by atoms with Gasteiger partial charge in [-0.25, -0.2) is 0 Å². The van der Waals surface area contributed by atoms with Crippen molar-refractivity contribution >= 4 is 39.1 Å². The zero-order valence-electron chi connectivity index (χ0n) is 11.9. The molecule has 0 aromatic carbocycles. The van der Waals surface area contributed by atoms with Gasteiger partial charge in [-0.15, -0.1) is 11.3 Å². The molecule has 20 heavy (non-hydrogen) atoms. The van der Waals surface area contributed by atoms with E-state index in [0.29, 0.717) is 19.4 Å². The molecule has 1 unspecified atom stereocenters. The Kier molecular flexibility index (Phi) is 4.54. The highest BCUT2D eigenvalue weighted by molar-refractivity contribution is 9.10. The standard InChI is InChI=1S/C14H19BrN2O2S/c1-4-14(5-2)13(19)16-9(3)12(18)17(14)8-11-10(15)6-7-20-11/h6-7,9H,4-5,8H2,1-3H3,(H,16,19). The van der Waals surface area contributed by atoms with E-state index in [0.717, 1.165) is 9.35 Å². The third kappa shape index (κ3) is 2.39. The van der Waals surface area contributed by atoms with Gasteiger partial charge in [0.25, 0.3) is 0 Å². The molecule has 1 aliphatic heterocycles. The second kappa shape index (κ2) is 5.85. The second-order valence-corrected chi connectivity index (χ2v) is 6.90. The quantitative estimate of drug-likeness (QED) is 0.899. The Labute approximate surface area is 131 Å². The Balaban J connectivity index is 2.39. The van der Waals surface area contributed by atoms with E-state index < -0.39 is 11.6 Å². The van der Waals surface area contributed by atoms with E-state index in [-0.39, 0.29) is 11.8 Å². The molecule has 110 valence electrons. The van der Waals surface area contributed by atoms with Gasteiger partial charge in [-0.2, -0.15) is 0 Å². The van der Waals surface area contributed by atoms with Crippen LogP contribution in [0.3, 0.4) is 0 Å². The number of amides is 2. The molecular formula is C14H19BrN2O2S. The monoisotopic (exact) mass is 358 g/mol. The summed E-state index contributed by atoms with van der Waals surface area (Å²) in [5.41, 5.74) is -0.729. The maximum absolute atomic E-state index is 12.5. The van der Waals surface area contributed by atoms with E-state index in [4.69, 9.17) is 0 Å². The summed E-state index contributed by atoms with van der Waals surface area (Å²) in [6, 6.07) is 1.52. The van der Waals surface area contributed by atoms with Crippen LogP contribution in [0.5, 0.6) is 0 Å². The Bertz CT molecular complexity index is 525. The van der Waals surface area contributed by atoms with Crippen molar-refractivity contribution < 1.29 is 9.59 Å². The summed E-state index contributed by atoms with van der Waals surface area (Å²) >= 11 is 5.09. The molecule has 1 saturated heterocycles. The number of piperazine rings is 1. The maximum Gasteiger partial charge on any atom is 0.246 e. The number of nitrogens with zero attached hydrogens (tertiary/aromatic N) is 1. The molecule has 2 heterocycles. The minimum absolute atomic E-state index is 0.00593. The lowest BCUT2D eigenvalue weighted by Gasteiger charge is -2.47. The lowest BCUT2D eigenvalue weighted by Crippen LogP contribution is -2.69. The first-order valence-electron chi connectivity index (χ1n) is 6.80. The van der Waals surface area contributed by atoms with Crippen molar-refractivity contribution in [3.8, 4) is 0 Å². The van der Waals surface area contributed by atoms with Crippen LogP contribution in [0.1, 0.15) is 38.5 Å². The lowest BCUT2D eigenvalue weighted by atomic mass is 9.86. The van der Waals surface area contributed by atoms with Crippen LogP contribution in [-0.2, 0) is 16.1 Å². The minimum atomic E-state index is -0.729. The molecule has 0 saturated carbocycles. The van der Waals surface area contributed by atoms with Gasteiger partial charge in [0, 0.05) is 9.35 Å². The molecule has 1 atom stereocenters. The molecule has 0 radical (unpaired) electrons. The van der Waals surface area contributed by atoms with Gasteiger partial charge in [-0.1, -0.05) is 13.8 Å². The smallest absolute Gasteiger partial charge is 0.246 e. The molecular weight excluding hydrogens is 340 g/mol. The predicted molar refractivity (Wildman–Crippen MR) is 83.5 cm³/mol. The van der Waals surface area contributed by atoms with E-state index in [9.17, 15) is 9.59 Å². The van der Waals surface area contributed by atoms with E-state index >= 15 is 0 Å². The summed E-state index contributed by atoms with van der Waals surface area (Å²) in [6.07, 6.45) is 1.24. The van der Waals surface area contributed by atoms with Crippen molar-refractivity contribution in [1.29, 1.82) is 0 Å². The van der Waals surface area contributed by atoms with Gasteiger partial charge in [-0.05, 0) is 47.1 Å². The fourth-order valence-corrected chi connectivity index (χ4v) is 4.19. The number of carbonyl (C=O) groups excluding carboxylic acids is 2. The Morgan fingerprint density at radius 3 is 2.55 bits per heavy atom. The van der Waals surface area contributed by atoms with Crippen LogP contribution in [-0.4, -0.2) is 28.3 Å². The van der Waals surface area contributed by atoms with Crippen LogP contribution in [0.4, 0.5) is 0 Å². The number of rotatable bonds is 4. The van der Waals surface area contributed by atoms with Crippen molar-refractivity contribution in [2.24, 2.45) is 0 Å². The van der Waals surface area contributed by atoms with Crippen LogP contribution >= 0.6 is 27.3 Å². The molecule has 1 aliphatic rings. The van der Waals surface area contributed by atoms with Gasteiger partial charge in [0.2, 0.25) is 11.8 Å². The first-order valence-corrected chi connectivity index (χ1v) is 8.47. The van der Waals surface area contributed by atoms with E-state index in [1.54, 1.807) is 23.2 Å². The Morgan fingerprint density at radius 2 is 2.05 bits per heavy atom. The molecule has 2 amide bonds. The maximum atomic E-state index is 12.5. The number of thiophene rings is 1. The number of hydrogen-bond acceptors (Lipinski definition) is 3. The average Bonchev–Trinajstić information content (AvgIpc) is 2.82. The summed E-state index contributed by atoms with van der Waals surface area (Å²) in [6.45, 7) is 6.15. The summed E-state index contributed by atoms with van der Waals surface area (Å²) in [5, 5.41) is 4.79. The number of nitrogens with one attached hydrogen (secondary N) is 1. The first kappa shape index (κ1) is 15.5. The molecule has 0 bridgehead atoms. The van der Waals surface area contributed by atoms with Gasteiger partial charge < -0.3 is 10.2 Å². The van der Waals surface area contributed by atoms with Crippen LogP contribution < -0.4 is 5.32 Å². The zero-order valence-corrected chi connectivity index (χ0v) is 14.3. The molecule has 1 aromatic rings. The fraction of sp³-hybridized carbons (Fsp3) is 0.571. The third-order valence-electron chi connectivity index (χ3n) is 4.09. The van der Waals surface area contributed by atoms with Crippen molar-refractivity contribution in [2.45, 2.75) is 51.7 Å². The zero-order chi connectivity index (χ0) is 14.9. The molecule has 1 aromatic heterocycles. The summed E-state index contributed by atoms with van der Waals surface area (Å²) in [7, 11) is 0. The molecule has 0 spiro atoms. The van der Waals surface area contributed by atoms with Crippen molar-refractivity contribution in [3.05, 3.63) is 20.8 Å². The molecule has 4 nitrogen and oxygen atoms in total. The van der Waals surface area contributed by atoms with Crippen LogP contribution in [0.15, 0.2) is 15.9 Å². The summed E-state index contributed by atoms with van der Waals surface area (Å²) < 4.78 is 0.995. The predicted octanol–water partition coefficient (Wildman–Crippen LogP) is 2.92. The molecule has 6 heteroatoms. The minimum Gasteiger partial charge on any atom is -0.343 e. The van der Waals surface area contributed by atoms with Gasteiger partial charge in [0.05, 0.1) is 6.54 Å². The SMILES string of the molecule is CCC1(CC)C(=O)NC(C)C(=O)N1Cc1sccc1Br. The van der Waals surface area contributed by atoms with Gasteiger partial charge in [-0.3, -0.25) is 9.59 Å². The first-order chi connectivity index (χ1) is 9.46. The van der Waals surface area contributed by atoms with Crippen LogP contribution in [0.2, 0.25) is 0 Å². The lowest BCUT2D eigenvalue weighted by molar-refractivity contribution is -0.158. The van der Waals surface area contributed by atoms with Crippen LogP contribution in [0.25, 0.3) is 0 Å². The van der Waals surface area contributed by atoms with Crippen LogP contribution in [0, 0.1) is 0 Å². The normalized spacial score (nSPS) is 22.0. The number of hydrogen-bond donors (Lipinski definition) is 1. The Morgan fingerprint density at radius 1 is 1.40 bits per heavy atom. The van der Waals surface area contributed by atoms with E-state index in [1.165, 1.54) is 0 Å². The summed E-state index contributed by atoms with van der Waals surface area (Å²) in [5.74, 6) is -0.0455. The van der Waals surface area contributed by atoms with Crippen molar-refractivity contribution in [2.75, 3.05) is 0 Å². The largest absolute Gasteiger partial charge is 0.343 e. The molecule has 2 rings (SSSR count). The highest BCUT2D eigenvalue weighted by Crippen LogP contribution is 2.33. The molecule has 1 N–H and O–H groups in total. The second-order valence-electron chi connectivity index (χ2n) is 5.05. The Hall–Kier alpha value is -0.880. The van der Waals surface area contributed by atoms with Gasteiger partial charge in [0.1, 0.15) is 11.6 Å². The number of carbonyl (C=O) groups is 2. The van der Waals surface area contributed by atoms with Crippen molar-refractivity contribution in [1.82, 2.24) is 10.2 Å².